The number of hydrogen-bond donors (Lipinski definition) is 1. The van der Waals surface area contributed by atoms with Crippen LogP contribution in [-0.4, -0.2) is 19.6 Å². The van der Waals surface area contributed by atoms with Gasteiger partial charge in [0.1, 0.15) is 18.2 Å². The van der Waals surface area contributed by atoms with E-state index in [2.05, 4.69) is 50.4 Å². The summed E-state index contributed by atoms with van der Waals surface area (Å²) in [5.41, 5.74) is 1.23. The molecule has 0 fully saturated rings. The molecule has 0 atom stereocenters. The van der Waals surface area contributed by atoms with Gasteiger partial charge in [-0.15, -0.1) is 0 Å². The zero-order valence-corrected chi connectivity index (χ0v) is 18.2. The fourth-order valence-electron chi connectivity index (χ4n) is 2.19. The molecule has 0 heterocycles. The number of benzene rings is 2. The first-order chi connectivity index (χ1) is 13.0. The van der Waals surface area contributed by atoms with Crippen LogP contribution in [0.15, 0.2) is 59.1 Å². The van der Waals surface area contributed by atoms with Crippen LogP contribution in [-0.2, 0) is 4.79 Å². The number of ether oxygens (including phenoxy) is 2. The van der Waals surface area contributed by atoms with E-state index < -0.39 is 5.91 Å². The first kappa shape index (κ1) is 21.0. The first-order valence-corrected chi connectivity index (χ1v) is 9.65. The van der Waals surface area contributed by atoms with Gasteiger partial charge in [0.05, 0.1) is 10.7 Å². The molecule has 2 aromatic carbocycles. The van der Waals surface area contributed by atoms with Gasteiger partial charge in [-0.1, -0.05) is 34.7 Å². The highest BCUT2D eigenvalue weighted by molar-refractivity contribution is 14.1. The summed E-state index contributed by atoms with van der Waals surface area (Å²) < 4.78 is 12.6. The lowest BCUT2D eigenvalue weighted by Gasteiger charge is -2.12. The average molecular weight is 539 g/mol. The molecule has 2 rings (SSSR count). The van der Waals surface area contributed by atoms with Gasteiger partial charge in [0.2, 0.25) is 0 Å². The molecule has 138 valence electrons. The van der Waals surface area contributed by atoms with Crippen molar-refractivity contribution in [2.75, 3.05) is 19.0 Å². The van der Waals surface area contributed by atoms with Crippen molar-refractivity contribution in [1.82, 2.24) is 0 Å². The largest absolute Gasteiger partial charge is 0.493 e. The van der Waals surface area contributed by atoms with Crippen LogP contribution in [0.1, 0.15) is 5.56 Å². The standard InChI is InChI=1S/C20H16BrIN2O3/c1-3-7-27-19-17(22)9-13(10-18(19)26-2)8-14(12-23)20(25)24-16-6-4-5-15(21)11-16/h3-6,8-11H,1,7H2,2H3,(H,24,25)/b14-8+. The molecule has 2 aromatic rings. The predicted molar refractivity (Wildman–Crippen MR) is 118 cm³/mol. The number of methoxy groups -OCH3 is 1. The van der Waals surface area contributed by atoms with Crippen molar-refractivity contribution in [1.29, 1.82) is 5.26 Å². The minimum Gasteiger partial charge on any atom is -0.493 e. The summed E-state index contributed by atoms with van der Waals surface area (Å²) in [5.74, 6) is 0.614. The zero-order valence-electron chi connectivity index (χ0n) is 14.5. The van der Waals surface area contributed by atoms with Gasteiger partial charge in [0, 0.05) is 10.2 Å². The number of carbonyl (C=O) groups excluding carboxylic acids is 1. The smallest absolute Gasteiger partial charge is 0.266 e. The molecular formula is C20H16BrIN2O3. The molecule has 0 aliphatic carbocycles. The van der Waals surface area contributed by atoms with Crippen LogP contribution < -0.4 is 14.8 Å². The number of halogens is 2. The number of hydrogen-bond acceptors (Lipinski definition) is 4. The van der Waals surface area contributed by atoms with E-state index in [0.717, 1.165) is 8.04 Å². The second-order valence-electron chi connectivity index (χ2n) is 5.27. The number of amides is 1. The molecule has 7 heteroatoms. The maximum Gasteiger partial charge on any atom is 0.266 e. The van der Waals surface area contributed by atoms with E-state index in [0.29, 0.717) is 29.4 Å². The molecule has 0 unspecified atom stereocenters. The van der Waals surface area contributed by atoms with Gasteiger partial charge in [0.25, 0.3) is 5.91 Å². The Balaban J connectivity index is 2.31. The van der Waals surface area contributed by atoms with Crippen molar-refractivity contribution < 1.29 is 14.3 Å². The van der Waals surface area contributed by atoms with Gasteiger partial charge in [-0.3, -0.25) is 4.79 Å². The van der Waals surface area contributed by atoms with Crippen LogP contribution in [0, 0.1) is 14.9 Å². The lowest BCUT2D eigenvalue weighted by atomic mass is 10.1. The van der Waals surface area contributed by atoms with Gasteiger partial charge in [-0.05, 0) is 64.6 Å². The Hall–Kier alpha value is -2.31. The van der Waals surface area contributed by atoms with Gasteiger partial charge in [0.15, 0.2) is 11.5 Å². The summed E-state index contributed by atoms with van der Waals surface area (Å²) in [6.07, 6.45) is 3.15. The lowest BCUT2D eigenvalue weighted by molar-refractivity contribution is -0.112. The molecule has 0 aromatic heterocycles. The highest BCUT2D eigenvalue weighted by Gasteiger charge is 2.14. The highest BCUT2D eigenvalue weighted by atomic mass is 127. The Morgan fingerprint density at radius 2 is 2.19 bits per heavy atom. The number of nitriles is 1. The Kier molecular flexibility index (Phi) is 7.88. The number of anilines is 1. The summed E-state index contributed by atoms with van der Waals surface area (Å²) in [6.45, 7) is 3.97. The highest BCUT2D eigenvalue weighted by Crippen LogP contribution is 2.34. The van der Waals surface area contributed by atoms with Crippen LogP contribution in [0.25, 0.3) is 6.08 Å². The van der Waals surface area contributed by atoms with Crippen molar-refractivity contribution in [3.05, 3.63) is 68.2 Å². The van der Waals surface area contributed by atoms with Crippen molar-refractivity contribution in [2.24, 2.45) is 0 Å². The lowest BCUT2D eigenvalue weighted by Crippen LogP contribution is -2.13. The molecule has 0 aliphatic rings. The Labute approximate surface area is 179 Å². The van der Waals surface area contributed by atoms with Crippen LogP contribution in [0.3, 0.4) is 0 Å². The molecule has 0 radical (unpaired) electrons. The number of rotatable bonds is 7. The minimum atomic E-state index is -0.489. The van der Waals surface area contributed by atoms with Crippen molar-refractivity contribution >= 4 is 56.2 Å². The van der Waals surface area contributed by atoms with E-state index in [9.17, 15) is 10.1 Å². The maximum absolute atomic E-state index is 12.4. The Bertz CT molecular complexity index is 935. The van der Waals surface area contributed by atoms with Crippen LogP contribution in [0.2, 0.25) is 0 Å². The third-order valence-corrected chi connectivity index (χ3v) is 4.65. The fraction of sp³-hybridized carbons (Fsp3) is 0.100. The third-order valence-electron chi connectivity index (χ3n) is 3.36. The quantitative estimate of drug-likeness (QED) is 0.228. The molecule has 27 heavy (non-hydrogen) atoms. The van der Waals surface area contributed by atoms with Crippen LogP contribution >= 0.6 is 38.5 Å². The van der Waals surface area contributed by atoms with Crippen LogP contribution in [0.4, 0.5) is 5.69 Å². The molecule has 0 saturated heterocycles. The topological polar surface area (TPSA) is 71.3 Å². The predicted octanol–water partition coefficient (Wildman–Crippen LogP) is 5.17. The van der Waals surface area contributed by atoms with Crippen LogP contribution in [0.5, 0.6) is 11.5 Å². The van der Waals surface area contributed by atoms with E-state index in [1.54, 1.807) is 30.3 Å². The van der Waals surface area contributed by atoms with E-state index in [-0.39, 0.29) is 5.57 Å². The summed E-state index contributed by atoms with van der Waals surface area (Å²) in [6, 6.07) is 12.6. The molecule has 0 saturated carbocycles. The van der Waals surface area contributed by atoms with Gasteiger partial charge in [-0.2, -0.15) is 5.26 Å². The van der Waals surface area contributed by atoms with E-state index >= 15 is 0 Å². The van der Waals surface area contributed by atoms with Gasteiger partial charge >= 0.3 is 0 Å². The van der Waals surface area contributed by atoms with E-state index in [1.807, 2.05) is 18.2 Å². The molecular weight excluding hydrogens is 523 g/mol. The minimum absolute atomic E-state index is 0.0208. The Morgan fingerprint density at radius 1 is 1.41 bits per heavy atom. The number of nitrogens with zero attached hydrogens (tertiary/aromatic N) is 1. The molecule has 0 bridgehead atoms. The summed E-state index contributed by atoms with van der Waals surface area (Å²) in [5, 5.41) is 12.1. The molecule has 0 spiro atoms. The number of carbonyl (C=O) groups is 1. The van der Waals surface area contributed by atoms with Crippen molar-refractivity contribution in [3.63, 3.8) is 0 Å². The van der Waals surface area contributed by atoms with E-state index in [1.165, 1.54) is 13.2 Å². The number of nitrogens with one attached hydrogen (secondary N) is 1. The average Bonchev–Trinajstić information content (AvgIpc) is 2.64. The van der Waals surface area contributed by atoms with Gasteiger partial charge in [-0.25, -0.2) is 0 Å². The summed E-state index contributed by atoms with van der Waals surface area (Å²) in [4.78, 5) is 12.4. The normalized spacial score (nSPS) is 10.7. The third kappa shape index (κ3) is 5.84. The monoisotopic (exact) mass is 538 g/mol. The summed E-state index contributed by atoms with van der Waals surface area (Å²) in [7, 11) is 1.53. The zero-order chi connectivity index (χ0) is 19.8. The maximum atomic E-state index is 12.4. The van der Waals surface area contributed by atoms with E-state index in [4.69, 9.17) is 9.47 Å². The fourth-order valence-corrected chi connectivity index (χ4v) is 3.37. The second-order valence-corrected chi connectivity index (χ2v) is 7.35. The SMILES string of the molecule is C=CCOc1c(I)cc(/C=C(\C#N)C(=O)Nc2cccc(Br)c2)cc1OC. The molecule has 1 N–H and O–H groups in total. The first-order valence-electron chi connectivity index (χ1n) is 7.78. The Morgan fingerprint density at radius 3 is 2.81 bits per heavy atom. The van der Waals surface area contributed by atoms with Crippen molar-refractivity contribution in [2.45, 2.75) is 0 Å². The molecule has 0 aliphatic heterocycles. The summed E-state index contributed by atoms with van der Waals surface area (Å²) >= 11 is 5.46. The second kappa shape index (κ2) is 10.1. The van der Waals surface area contributed by atoms with Gasteiger partial charge < -0.3 is 14.8 Å². The van der Waals surface area contributed by atoms with Crippen molar-refractivity contribution in [3.8, 4) is 17.6 Å². The molecule has 1 amide bonds. The molecule has 5 nitrogen and oxygen atoms in total.